The van der Waals surface area contributed by atoms with Gasteiger partial charge in [0, 0.05) is 17.6 Å². The highest BCUT2D eigenvalue weighted by Gasteiger charge is 2.11. The van der Waals surface area contributed by atoms with Crippen molar-refractivity contribution in [3.05, 3.63) is 34.3 Å². The molecule has 0 aliphatic carbocycles. The summed E-state index contributed by atoms with van der Waals surface area (Å²) in [5.74, 6) is 0. The monoisotopic (exact) mass is 327 g/mol. The molecule has 0 aromatic heterocycles. The summed E-state index contributed by atoms with van der Waals surface area (Å²) in [4.78, 5) is 0. The Morgan fingerprint density at radius 1 is 1.21 bits per heavy atom. The van der Waals surface area contributed by atoms with Gasteiger partial charge in [-0.05, 0) is 56.8 Å². The molecule has 0 saturated heterocycles. The van der Waals surface area contributed by atoms with Crippen molar-refractivity contribution < 1.29 is 4.74 Å². The number of rotatable bonds is 9. The van der Waals surface area contributed by atoms with Crippen LogP contribution in [0.4, 0.5) is 0 Å². The molecule has 0 radical (unpaired) electrons. The first-order valence-corrected chi connectivity index (χ1v) is 7.95. The maximum absolute atomic E-state index is 5.34. The van der Waals surface area contributed by atoms with Gasteiger partial charge in [-0.15, -0.1) is 0 Å². The first-order chi connectivity index (χ1) is 9.15. The number of methoxy groups -OCH3 is 1. The fraction of sp³-hybridized carbons (Fsp3) is 0.625. The third-order valence-electron chi connectivity index (χ3n) is 3.40. The molecular weight excluding hydrogens is 302 g/mol. The van der Waals surface area contributed by atoms with E-state index in [2.05, 4.69) is 59.4 Å². The lowest BCUT2D eigenvalue weighted by Crippen LogP contribution is -2.32. The molecule has 0 bridgehead atoms. The Balaban J connectivity index is 2.50. The number of ether oxygens (including phenoxy) is 1. The third-order valence-corrected chi connectivity index (χ3v) is 3.93. The molecule has 2 unspecified atom stereocenters. The third kappa shape index (κ3) is 7.09. The normalized spacial score (nSPS) is 14.3. The van der Waals surface area contributed by atoms with E-state index in [1.54, 1.807) is 7.11 Å². The highest BCUT2D eigenvalue weighted by molar-refractivity contribution is 9.10. The minimum absolute atomic E-state index is 0.343. The molecule has 2 atom stereocenters. The zero-order chi connectivity index (χ0) is 14.1. The van der Waals surface area contributed by atoms with Crippen molar-refractivity contribution in [1.82, 2.24) is 5.32 Å². The van der Waals surface area contributed by atoms with Gasteiger partial charge in [-0.1, -0.05) is 35.0 Å². The average Bonchev–Trinajstić information content (AvgIpc) is 2.43. The summed E-state index contributed by atoms with van der Waals surface area (Å²) in [5.41, 5.74) is 1.39. The second-order valence-electron chi connectivity index (χ2n) is 5.11. The predicted octanol–water partition coefficient (Wildman–Crippen LogP) is 4.17. The smallest absolute Gasteiger partial charge is 0.0543 e. The molecule has 108 valence electrons. The molecule has 19 heavy (non-hydrogen) atoms. The summed E-state index contributed by atoms with van der Waals surface area (Å²) < 4.78 is 6.48. The van der Waals surface area contributed by atoms with Gasteiger partial charge >= 0.3 is 0 Å². The first kappa shape index (κ1) is 16.7. The number of hydrogen-bond donors (Lipinski definition) is 1. The van der Waals surface area contributed by atoms with Gasteiger partial charge in [0.25, 0.3) is 0 Å². The zero-order valence-corrected chi connectivity index (χ0v) is 13.9. The summed E-state index contributed by atoms with van der Waals surface area (Å²) in [6, 6.07) is 9.17. The van der Waals surface area contributed by atoms with Crippen LogP contribution < -0.4 is 5.32 Å². The van der Waals surface area contributed by atoms with E-state index in [1.807, 2.05) is 0 Å². The Hall–Kier alpha value is -0.380. The van der Waals surface area contributed by atoms with Gasteiger partial charge in [0.15, 0.2) is 0 Å². The van der Waals surface area contributed by atoms with E-state index in [4.69, 9.17) is 4.74 Å². The maximum Gasteiger partial charge on any atom is 0.0543 e. The average molecular weight is 328 g/mol. The van der Waals surface area contributed by atoms with E-state index in [1.165, 1.54) is 12.0 Å². The Labute approximate surface area is 126 Å². The van der Waals surface area contributed by atoms with Crippen molar-refractivity contribution >= 4 is 15.9 Å². The molecule has 0 aliphatic heterocycles. The summed E-state index contributed by atoms with van der Waals surface area (Å²) >= 11 is 3.48. The summed E-state index contributed by atoms with van der Waals surface area (Å²) in [5, 5.41) is 3.64. The van der Waals surface area contributed by atoms with Crippen LogP contribution in [-0.2, 0) is 11.2 Å². The summed E-state index contributed by atoms with van der Waals surface area (Å²) in [6.07, 6.45) is 4.87. The van der Waals surface area contributed by atoms with Gasteiger partial charge in [-0.3, -0.25) is 0 Å². The lowest BCUT2D eigenvalue weighted by atomic mass is 10.0. The molecule has 0 saturated carbocycles. The van der Waals surface area contributed by atoms with Crippen LogP contribution in [0.2, 0.25) is 0 Å². The van der Waals surface area contributed by atoms with E-state index in [0.29, 0.717) is 12.1 Å². The predicted molar refractivity (Wildman–Crippen MR) is 85.6 cm³/mol. The van der Waals surface area contributed by atoms with Gasteiger partial charge < -0.3 is 10.1 Å². The Kier molecular flexibility index (Phi) is 8.35. The summed E-state index contributed by atoms with van der Waals surface area (Å²) in [7, 11) is 1.79. The van der Waals surface area contributed by atoms with E-state index in [-0.39, 0.29) is 0 Å². The molecule has 1 N–H and O–H groups in total. The van der Waals surface area contributed by atoms with Gasteiger partial charge in [0.05, 0.1) is 6.10 Å². The molecule has 0 heterocycles. The second kappa shape index (κ2) is 9.51. The summed E-state index contributed by atoms with van der Waals surface area (Å²) in [6.45, 7) is 5.43. The van der Waals surface area contributed by atoms with Crippen molar-refractivity contribution in [1.29, 1.82) is 0 Å². The minimum Gasteiger partial charge on any atom is -0.382 e. The topological polar surface area (TPSA) is 21.3 Å². The van der Waals surface area contributed by atoms with Crippen molar-refractivity contribution in [3.8, 4) is 0 Å². The molecule has 1 aromatic rings. The van der Waals surface area contributed by atoms with Crippen LogP contribution in [0.1, 0.15) is 38.7 Å². The van der Waals surface area contributed by atoms with Gasteiger partial charge in [-0.25, -0.2) is 0 Å². The number of nitrogens with one attached hydrogen (secondary N) is 1. The lowest BCUT2D eigenvalue weighted by molar-refractivity contribution is 0.106. The molecule has 3 heteroatoms. The minimum atomic E-state index is 0.343. The van der Waals surface area contributed by atoms with Gasteiger partial charge in [0.2, 0.25) is 0 Å². The van der Waals surface area contributed by atoms with Crippen LogP contribution in [0.3, 0.4) is 0 Å². The molecular formula is C16H26BrNO. The van der Waals surface area contributed by atoms with Crippen LogP contribution in [0.15, 0.2) is 28.7 Å². The Bertz CT molecular complexity index is 339. The maximum atomic E-state index is 5.34. The number of hydrogen-bond acceptors (Lipinski definition) is 2. The number of benzene rings is 1. The molecule has 1 aromatic carbocycles. The van der Waals surface area contributed by atoms with E-state index in [9.17, 15) is 0 Å². The van der Waals surface area contributed by atoms with E-state index >= 15 is 0 Å². The molecule has 0 fully saturated rings. The second-order valence-corrected chi connectivity index (χ2v) is 6.02. The first-order valence-electron chi connectivity index (χ1n) is 7.16. The molecule has 0 amide bonds. The van der Waals surface area contributed by atoms with Crippen molar-refractivity contribution in [2.45, 2.75) is 51.7 Å². The SMILES string of the molecule is CCCNC(CCC(C)OC)Cc1ccc(Br)cc1. The highest BCUT2D eigenvalue weighted by atomic mass is 79.9. The highest BCUT2D eigenvalue weighted by Crippen LogP contribution is 2.14. The van der Waals surface area contributed by atoms with Gasteiger partial charge in [0.1, 0.15) is 0 Å². The quantitative estimate of drug-likeness (QED) is 0.734. The van der Waals surface area contributed by atoms with Crippen LogP contribution >= 0.6 is 15.9 Å². The zero-order valence-electron chi connectivity index (χ0n) is 12.3. The molecule has 0 aliphatic rings. The Morgan fingerprint density at radius 3 is 2.47 bits per heavy atom. The Morgan fingerprint density at radius 2 is 1.89 bits per heavy atom. The fourth-order valence-corrected chi connectivity index (χ4v) is 2.35. The lowest BCUT2D eigenvalue weighted by Gasteiger charge is -2.20. The van der Waals surface area contributed by atoms with Crippen molar-refractivity contribution in [2.75, 3.05) is 13.7 Å². The molecule has 2 nitrogen and oxygen atoms in total. The van der Waals surface area contributed by atoms with E-state index < -0.39 is 0 Å². The van der Waals surface area contributed by atoms with Crippen LogP contribution in [0.5, 0.6) is 0 Å². The van der Waals surface area contributed by atoms with Crippen LogP contribution in [0, 0.1) is 0 Å². The molecule has 0 spiro atoms. The van der Waals surface area contributed by atoms with Crippen LogP contribution in [-0.4, -0.2) is 25.8 Å². The standard InChI is InChI=1S/C16H26BrNO/c1-4-11-18-16(10-5-13(2)19-3)12-14-6-8-15(17)9-7-14/h6-9,13,16,18H,4-5,10-12H2,1-3H3. The van der Waals surface area contributed by atoms with Gasteiger partial charge in [-0.2, -0.15) is 0 Å². The largest absolute Gasteiger partial charge is 0.382 e. The van der Waals surface area contributed by atoms with Crippen molar-refractivity contribution in [2.24, 2.45) is 0 Å². The molecule has 1 rings (SSSR count). The fourth-order valence-electron chi connectivity index (χ4n) is 2.08. The number of halogens is 1. The van der Waals surface area contributed by atoms with Crippen LogP contribution in [0.25, 0.3) is 0 Å². The van der Waals surface area contributed by atoms with Crippen molar-refractivity contribution in [3.63, 3.8) is 0 Å². The van der Waals surface area contributed by atoms with E-state index in [0.717, 1.165) is 30.3 Å².